The number of benzene rings is 2. The molecule has 0 saturated heterocycles. The van der Waals surface area contributed by atoms with Crippen LogP contribution in [-0.2, 0) is 0 Å². The first-order valence-electron chi connectivity index (χ1n) is 8.36. The summed E-state index contributed by atoms with van der Waals surface area (Å²) < 4.78 is 5.84. The van der Waals surface area contributed by atoms with E-state index in [-0.39, 0.29) is 0 Å². The van der Waals surface area contributed by atoms with E-state index in [2.05, 4.69) is 43.1 Å². The quantitative estimate of drug-likeness (QED) is 0.450. The predicted octanol–water partition coefficient (Wildman–Crippen LogP) is 6.04. The normalized spacial score (nSPS) is 12.2. The fourth-order valence-corrected chi connectivity index (χ4v) is 2.25. The molecule has 124 valence electrons. The van der Waals surface area contributed by atoms with Crippen LogP contribution in [-0.4, -0.2) is 12.8 Å². The summed E-state index contributed by atoms with van der Waals surface area (Å²) in [6, 6.07) is 16.2. The Hall–Kier alpha value is -2.61. The highest BCUT2D eigenvalue weighted by Crippen LogP contribution is 2.15. The van der Waals surface area contributed by atoms with Crippen LogP contribution in [0.4, 0.5) is 5.69 Å². The molecule has 2 aromatic carbocycles. The van der Waals surface area contributed by atoms with Crippen LogP contribution >= 0.6 is 0 Å². The monoisotopic (exact) mass is 319 g/mol. The number of aliphatic imine (C=N–C) groups is 1. The maximum Gasteiger partial charge on any atom is 0.119 e. The number of nitrogens with zero attached hydrogens (tertiary/aromatic N) is 1. The molecule has 0 amide bonds. The molecule has 0 bridgehead atoms. The third-order valence-corrected chi connectivity index (χ3v) is 3.53. The van der Waals surface area contributed by atoms with Crippen molar-refractivity contribution in [1.82, 2.24) is 0 Å². The molecule has 0 radical (unpaired) electrons. The lowest BCUT2D eigenvalue weighted by molar-refractivity contribution is 0.355. The second-order valence-electron chi connectivity index (χ2n) is 5.64. The Balaban J connectivity index is 1.95. The second kappa shape index (κ2) is 9.51. The summed E-state index contributed by atoms with van der Waals surface area (Å²) in [6.07, 6.45) is 9.19. The van der Waals surface area contributed by atoms with Gasteiger partial charge in [-0.15, -0.1) is 0 Å². The van der Waals surface area contributed by atoms with Crippen molar-refractivity contribution in [2.75, 3.05) is 6.61 Å². The molecule has 0 aliphatic carbocycles. The summed E-state index contributed by atoms with van der Waals surface area (Å²) in [7, 11) is 0. The van der Waals surface area contributed by atoms with E-state index >= 15 is 0 Å². The van der Waals surface area contributed by atoms with Gasteiger partial charge in [-0.1, -0.05) is 42.8 Å². The van der Waals surface area contributed by atoms with Crippen molar-refractivity contribution in [3.05, 3.63) is 83.5 Å². The number of allylic oxidation sites excluding steroid dienone is 2. The lowest BCUT2D eigenvalue weighted by Crippen LogP contribution is -1.99. The highest BCUT2D eigenvalue weighted by Gasteiger charge is 1.97. The summed E-state index contributed by atoms with van der Waals surface area (Å²) in [4.78, 5) is 4.49. The maximum atomic E-state index is 5.84. The molecule has 0 aliphatic rings. The van der Waals surface area contributed by atoms with Crippen LogP contribution in [0.1, 0.15) is 31.4 Å². The maximum absolute atomic E-state index is 5.84. The minimum absolute atomic E-state index is 0.592. The first-order valence-corrected chi connectivity index (χ1v) is 8.36. The minimum Gasteiger partial charge on any atom is -0.489 e. The second-order valence-corrected chi connectivity index (χ2v) is 5.64. The third-order valence-electron chi connectivity index (χ3n) is 3.53. The number of aryl methyl sites for hydroxylation is 1. The molecule has 24 heavy (non-hydrogen) atoms. The molecule has 0 saturated carbocycles. The van der Waals surface area contributed by atoms with Gasteiger partial charge in [-0.05, 0) is 67.8 Å². The Morgan fingerprint density at radius 1 is 1.04 bits per heavy atom. The summed E-state index contributed by atoms with van der Waals surface area (Å²) >= 11 is 0. The van der Waals surface area contributed by atoms with Crippen molar-refractivity contribution < 1.29 is 4.74 Å². The van der Waals surface area contributed by atoms with Crippen LogP contribution in [0.15, 0.2) is 77.3 Å². The first kappa shape index (κ1) is 17.7. The van der Waals surface area contributed by atoms with Crippen LogP contribution in [0.5, 0.6) is 5.75 Å². The number of hydrogen-bond acceptors (Lipinski definition) is 2. The SMILES string of the molecule is C/C=C\C(=C/CC)COc1ccc(C=Nc2ccc(C)cc2)cc1. The molecule has 0 N–H and O–H groups in total. The van der Waals surface area contributed by atoms with E-state index < -0.39 is 0 Å². The third kappa shape index (κ3) is 5.88. The van der Waals surface area contributed by atoms with E-state index in [1.807, 2.05) is 55.6 Å². The zero-order valence-corrected chi connectivity index (χ0v) is 14.7. The van der Waals surface area contributed by atoms with E-state index in [1.54, 1.807) is 0 Å². The van der Waals surface area contributed by atoms with E-state index in [1.165, 1.54) is 11.1 Å². The van der Waals surface area contributed by atoms with Crippen LogP contribution < -0.4 is 4.74 Å². The van der Waals surface area contributed by atoms with E-state index in [0.717, 1.165) is 23.4 Å². The van der Waals surface area contributed by atoms with Gasteiger partial charge in [0, 0.05) is 6.21 Å². The van der Waals surface area contributed by atoms with Gasteiger partial charge in [-0.25, -0.2) is 0 Å². The van der Waals surface area contributed by atoms with Crippen LogP contribution in [0.3, 0.4) is 0 Å². The fourth-order valence-electron chi connectivity index (χ4n) is 2.25. The first-order chi connectivity index (χ1) is 11.7. The van der Waals surface area contributed by atoms with Gasteiger partial charge in [0.05, 0.1) is 5.69 Å². The summed E-state index contributed by atoms with van der Waals surface area (Å²) in [5.74, 6) is 0.869. The highest BCUT2D eigenvalue weighted by atomic mass is 16.5. The van der Waals surface area contributed by atoms with Crippen molar-refractivity contribution in [1.29, 1.82) is 0 Å². The zero-order valence-electron chi connectivity index (χ0n) is 14.7. The Labute approximate surface area is 145 Å². The van der Waals surface area contributed by atoms with Gasteiger partial charge in [0.25, 0.3) is 0 Å². The van der Waals surface area contributed by atoms with Crippen molar-refractivity contribution in [3.63, 3.8) is 0 Å². The number of hydrogen-bond donors (Lipinski definition) is 0. The molecule has 0 aliphatic heterocycles. The molecule has 0 aromatic heterocycles. The Kier molecular flexibility index (Phi) is 7.03. The molecular weight excluding hydrogens is 294 g/mol. The van der Waals surface area contributed by atoms with Crippen molar-refractivity contribution in [3.8, 4) is 5.75 Å². The van der Waals surface area contributed by atoms with Crippen molar-refractivity contribution in [2.24, 2.45) is 4.99 Å². The minimum atomic E-state index is 0.592. The fraction of sp³-hybridized carbons (Fsp3) is 0.227. The highest BCUT2D eigenvalue weighted by molar-refractivity contribution is 5.82. The lowest BCUT2D eigenvalue weighted by atomic mass is 10.2. The summed E-state index contributed by atoms with van der Waals surface area (Å²) in [5, 5.41) is 0. The van der Waals surface area contributed by atoms with Crippen LogP contribution in [0.2, 0.25) is 0 Å². The average Bonchev–Trinajstić information content (AvgIpc) is 2.60. The largest absolute Gasteiger partial charge is 0.489 e. The van der Waals surface area contributed by atoms with Gasteiger partial charge in [-0.3, -0.25) is 4.99 Å². The summed E-state index contributed by atoms with van der Waals surface area (Å²) in [6.45, 7) is 6.82. The molecule has 2 rings (SSSR count). The number of rotatable bonds is 7. The molecule has 0 atom stereocenters. The molecule has 2 heteroatoms. The topological polar surface area (TPSA) is 21.6 Å². The summed E-state index contributed by atoms with van der Waals surface area (Å²) in [5.41, 5.74) is 4.46. The van der Waals surface area contributed by atoms with E-state index in [9.17, 15) is 0 Å². The molecule has 2 nitrogen and oxygen atoms in total. The number of ether oxygens (including phenoxy) is 1. The van der Waals surface area contributed by atoms with E-state index in [0.29, 0.717) is 6.61 Å². The molecule has 0 spiro atoms. The van der Waals surface area contributed by atoms with Gasteiger partial charge in [0.1, 0.15) is 12.4 Å². The molecule has 0 heterocycles. The smallest absolute Gasteiger partial charge is 0.119 e. The Bertz CT molecular complexity index is 707. The molecule has 0 unspecified atom stereocenters. The van der Waals surface area contributed by atoms with Crippen LogP contribution in [0.25, 0.3) is 0 Å². The molecule has 0 fully saturated rings. The Morgan fingerprint density at radius 2 is 1.75 bits per heavy atom. The van der Waals surface area contributed by atoms with Crippen molar-refractivity contribution >= 4 is 11.9 Å². The van der Waals surface area contributed by atoms with Gasteiger partial charge in [0.15, 0.2) is 0 Å². The standard InChI is InChI=1S/C22H25NO/c1-4-6-20(7-5-2)17-24-22-14-10-19(11-15-22)16-23-21-12-8-18(3)9-13-21/h4,6-16H,5,17H2,1-3H3/b6-4-,20-7+,23-16?. The molecular formula is C22H25NO. The molecule has 2 aromatic rings. The van der Waals surface area contributed by atoms with Crippen molar-refractivity contribution in [2.45, 2.75) is 27.2 Å². The lowest BCUT2D eigenvalue weighted by Gasteiger charge is -2.07. The van der Waals surface area contributed by atoms with E-state index in [4.69, 9.17) is 4.74 Å². The predicted molar refractivity (Wildman–Crippen MR) is 104 cm³/mol. The van der Waals surface area contributed by atoms with Crippen LogP contribution in [0, 0.1) is 6.92 Å². The average molecular weight is 319 g/mol. The zero-order chi connectivity index (χ0) is 17.2. The van der Waals surface area contributed by atoms with Gasteiger partial charge in [0.2, 0.25) is 0 Å². The van der Waals surface area contributed by atoms with Gasteiger partial charge >= 0.3 is 0 Å². The van der Waals surface area contributed by atoms with Gasteiger partial charge in [-0.2, -0.15) is 0 Å². The van der Waals surface area contributed by atoms with Gasteiger partial charge < -0.3 is 4.74 Å². The Morgan fingerprint density at radius 3 is 2.38 bits per heavy atom.